The number of nitrogens with zero attached hydrogens (tertiary/aromatic N) is 2. The van der Waals surface area contributed by atoms with Crippen molar-refractivity contribution in [3.8, 4) is 11.5 Å². The van der Waals surface area contributed by atoms with Gasteiger partial charge in [0.15, 0.2) is 11.5 Å². The van der Waals surface area contributed by atoms with Crippen LogP contribution in [0.25, 0.3) is 29.3 Å². The van der Waals surface area contributed by atoms with Gasteiger partial charge in [-0.3, -0.25) is 0 Å². The quantitative estimate of drug-likeness (QED) is 0.245. The van der Waals surface area contributed by atoms with Gasteiger partial charge in [-0.25, -0.2) is 4.98 Å². The van der Waals surface area contributed by atoms with Gasteiger partial charge in [0.1, 0.15) is 5.82 Å². The van der Waals surface area contributed by atoms with Crippen molar-refractivity contribution in [3.63, 3.8) is 0 Å². The number of ether oxygens (including phenoxy) is 2. The van der Waals surface area contributed by atoms with E-state index < -0.39 is 0 Å². The van der Waals surface area contributed by atoms with Gasteiger partial charge in [-0.1, -0.05) is 60.2 Å². The summed E-state index contributed by atoms with van der Waals surface area (Å²) in [7, 11) is 1.67. The van der Waals surface area contributed by atoms with E-state index in [4.69, 9.17) is 26.1 Å². The molecular weight excluding hydrogens is 432 g/mol. The molecule has 0 saturated carbocycles. The highest BCUT2D eigenvalue weighted by molar-refractivity contribution is 6.30. The van der Waals surface area contributed by atoms with Crippen LogP contribution in [0.4, 0.5) is 0 Å². The number of aryl methyl sites for hydroxylation is 1. The molecule has 0 radical (unpaired) electrons. The van der Waals surface area contributed by atoms with Gasteiger partial charge < -0.3 is 14.0 Å². The van der Waals surface area contributed by atoms with E-state index in [9.17, 15) is 0 Å². The molecule has 4 nitrogen and oxygen atoms in total. The molecule has 1 aromatic heterocycles. The van der Waals surface area contributed by atoms with E-state index in [-0.39, 0.29) is 0 Å². The van der Waals surface area contributed by atoms with Crippen LogP contribution in [0.15, 0.2) is 72.8 Å². The van der Waals surface area contributed by atoms with Crippen LogP contribution < -0.4 is 9.47 Å². The minimum absolute atomic E-state index is 0.576. The Morgan fingerprint density at radius 1 is 0.909 bits per heavy atom. The minimum Gasteiger partial charge on any atom is -0.493 e. The van der Waals surface area contributed by atoms with E-state index in [1.807, 2.05) is 85.8 Å². The Morgan fingerprint density at radius 2 is 1.70 bits per heavy atom. The molecule has 0 saturated heterocycles. The third-order valence-electron chi connectivity index (χ3n) is 5.31. The predicted molar refractivity (Wildman–Crippen MR) is 138 cm³/mol. The highest BCUT2D eigenvalue weighted by atomic mass is 35.5. The van der Waals surface area contributed by atoms with Crippen molar-refractivity contribution in [1.29, 1.82) is 0 Å². The Bertz CT molecular complexity index is 1270. The molecule has 0 N–H and O–H groups in total. The third kappa shape index (κ3) is 5.65. The summed E-state index contributed by atoms with van der Waals surface area (Å²) in [5.41, 5.74) is 4.26. The minimum atomic E-state index is 0.576. The number of imidazole rings is 1. The van der Waals surface area contributed by atoms with E-state index in [0.29, 0.717) is 6.61 Å². The van der Waals surface area contributed by atoms with Crippen molar-refractivity contribution in [2.45, 2.75) is 19.9 Å². The topological polar surface area (TPSA) is 36.3 Å². The second kappa shape index (κ2) is 10.9. The average molecular weight is 459 g/mol. The first kappa shape index (κ1) is 22.7. The van der Waals surface area contributed by atoms with Crippen molar-refractivity contribution >= 4 is 40.9 Å². The lowest BCUT2D eigenvalue weighted by Gasteiger charge is -2.12. The summed E-state index contributed by atoms with van der Waals surface area (Å²) < 4.78 is 13.8. The van der Waals surface area contributed by atoms with Crippen LogP contribution >= 0.6 is 11.6 Å². The van der Waals surface area contributed by atoms with Crippen molar-refractivity contribution < 1.29 is 9.47 Å². The van der Waals surface area contributed by atoms with Gasteiger partial charge in [-0.2, -0.15) is 0 Å². The van der Waals surface area contributed by atoms with Crippen molar-refractivity contribution in [1.82, 2.24) is 9.55 Å². The number of rotatable bonds is 9. The zero-order chi connectivity index (χ0) is 23.0. The molecule has 0 spiro atoms. The Hall–Kier alpha value is -3.50. The molecule has 4 aromatic rings. The fourth-order valence-electron chi connectivity index (χ4n) is 3.71. The monoisotopic (exact) mass is 458 g/mol. The molecule has 0 aliphatic heterocycles. The number of halogens is 1. The van der Waals surface area contributed by atoms with Gasteiger partial charge in [-0.15, -0.1) is 0 Å². The Kier molecular flexibility index (Phi) is 7.48. The second-order valence-electron chi connectivity index (χ2n) is 7.61. The van der Waals surface area contributed by atoms with Crippen molar-refractivity contribution in [3.05, 3.63) is 94.8 Å². The van der Waals surface area contributed by atoms with Crippen LogP contribution in [0.5, 0.6) is 11.5 Å². The van der Waals surface area contributed by atoms with E-state index in [2.05, 4.69) is 16.7 Å². The number of allylic oxidation sites excluding steroid dienone is 1. The number of hydrogen-bond acceptors (Lipinski definition) is 3. The molecule has 0 aliphatic carbocycles. The van der Waals surface area contributed by atoms with Gasteiger partial charge in [0, 0.05) is 11.6 Å². The lowest BCUT2D eigenvalue weighted by atomic mass is 10.2. The zero-order valence-electron chi connectivity index (χ0n) is 18.9. The number of methoxy groups -OCH3 is 1. The molecule has 0 fully saturated rings. The SMILES string of the molecule is C/C=C/c1ccc(OCCCn2c(/C=C/c3ccc(Cl)cc3)nc3ccccc32)c(OC)c1. The second-order valence-corrected chi connectivity index (χ2v) is 8.04. The van der Waals surface area contributed by atoms with Gasteiger partial charge in [0.25, 0.3) is 0 Å². The Balaban J connectivity index is 1.47. The zero-order valence-corrected chi connectivity index (χ0v) is 19.6. The summed E-state index contributed by atoms with van der Waals surface area (Å²) >= 11 is 6.00. The smallest absolute Gasteiger partial charge is 0.161 e. The van der Waals surface area contributed by atoms with E-state index in [1.165, 1.54) is 0 Å². The molecule has 0 amide bonds. The van der Waals surface area contributed by atoms with Gasteiger partial charge >= 0.3 is 0 Å². The molecule has 1 heterocycles. The van der Waals surface area contributed by atoms with Crippen LogP contribution in [-0.4, -0.2) is 23.3 Å². The third-order valence-corrected chi connectivity index (χ3v) is 5.56. The first-order valence-corrected chi connectivity index (χ1v) is 11.4. The van der Waals surface area contributed by atoms with Crippen LogP contribution in [0.1, 0.15) is 30.3 Å². The number of para-hydroxylation sites is 2. The molecule has 0 unspecified atom stereocenters. The molecule has 168 valence electrons. The van der Waals surface area contributed by atoms with Gasteiger partial charge in [0.05, 0.1) is 24.8 Å². The van der Waals surface area contributed by atoms with Crippen molar-refractivity contribution in [2.75, 3.05) is 13.7 Å². The summed E-state index contributed by atoms with van der Waals surface area (Å²) in [5.74, 6) is 2.41. The molecule has 0 atom stereocenters. The molecule has 5 heteroatoms. The fraction of sp³-hybridized carbons (Fsp3) is 0.179. The molecule has 0 bridgehead atoms. The normalized spacial score (nSPS) is 11.6. The molecule has 3 aromatic carbocycles. The summed E-state index contributed by atoms with van der Waals surface area (Å²) in [6, 6.07) is 21.9. The van der Waals surface area contributed by atoms with Crippen LogP contribution in [0, 0.1) is 0 Å². The van der Waals surface area contributed by atoms with Crippen LogP contribution in [0.3, 0.4) is 0 Å². The lowest BCUT2D eigenvalue weighted by molar-refractivity contribution is 0.283. The van der Waals surface area contributed by atoms with E-state index >= 15 is 0 Å². The maximum absolute atomic E-state index is 6.04. The lowest BCUT2D eigenvalue weighted by Crippen LogP contribution is -2.06. The van der Waals surface area contributed by atoms with Crippen LogP contribution in [0.2, 0.25) is 5.02 Å². The molecular formula is C28H27ClN2O2. The number of benzene rings is 3. The average Bonchev–Trinajstić information content (AvgIpc) is 3.19. The summed E-state index contributed by atoms with van der Waals surface area (Å²) in [4.78, 5) is 4.82. The Labute approximate surface area is 199 Å². The largest absolute Gasteiger partial charge is 0.493 e. The van der Waals surface area contributed by atoms with Crippen molar-refractivity contribution in [2.24, 2.45) is 0 Å². The molecule has 33 heavy (non-hydrogen) atoms. The maximum Gasteiger partial charge on any atom is 0.161 e. The van der Waals surface area contributed by atoms with E-state index in [0.717, 1.165) is 57.5 Å². The highest BCUT2D eigenvalue weighted by Crippen LogP contribution is 2.29. The first-order valence-electron chi connectivity index (χ1n) is 11.0. The van der Waals surface area contributed by atoms with E-state index in [1.54, 1.807) is 7.11 Å². The predicted octanol–water partition coefficient (Wildman–Crippen LogP) is 7.37. The number of hydrogen-bond donors (Lipinski definition) is 0. The standard InChI is InChI=1S/C28H27ClN2O2/c1-3-7-22-12-16-26(27(20-22)32-2)33-19-6-18-31-25-9-5-4-8-24(25)30-28(31)17-13-21-10-14-23(29)15-11-21/h3-5,7-17,20H,6,18-19H2,1-2H3/b7-3+,17-13+. The van der Waals surface area contributed by atoms with Gasteiger partial charge in [-0.05, 0) is 66.9 Å². The van der Waals surface area contributed by atoms with Gasteiger partial charge in [0.2, 0.25) is 0 Å². The fourth-order valence-corrected chi connectivity index (χ4v) is 3.83. The number of aromatic nitrogens is 2. The summed E-state index contributed by atoms with van der Waals surface area (Å²) in [6.07, 6.45) is 8.98. The van der Waals surface area contributed by atoms with Crippen LogP contribution in [-0.2, 0) is 6.54 Å². The first-order chi connectivity index (χ1) is 16.2. The maximum atomic E-state index is 6.04. The molecule has 0 aliphatic rings. The summed E-state index contributed by atoms with van der Waals surface area (Å²) in [6.45, 7) is 3.36. The summed E-state index contributed by atoms with van der Waals surface area (Å²) in [5, 5.41) is 0.729. The molecule has 4 rings (SSSR count). The number of fused-ring (bicyclic) bond motifs is 1. The highest BCUT2D eigenvalue weighted by Gasteiger charge is 2.09. The Morgan fingerprint density at radius 3 is 2.48 bits per heavy atom.